The van der Waals surface area contributed by atoms with Crippen LogP contribution in [-0.4, -0.2) is 5.91 Å². The highest BCUT2D eigenvalue weighted by atomic mass is 35.5. The lowest BCUT2D eigenvalue weighted by Crippen LogP contribution is -2.10. The molecule has 4 N–H and O–H groups in total. The molecule has 1 aromatic carbocycles. The number of benzene rings is 1. The highest BCUT2D eigenvalue weighted by Gasteiger charge is 2.02. The molecule has 0 aliphatic rings. The number of anilines is 2. The Balaban J connectivity index is 2.81. The number of hydrogen-bond acceptors (Lipinski definition) is 3. The van der Waals surface area contributed by atoms with Crippen LogP contribution in [0.1, 0.15) is 13.3 Å². The molecule has 0 fully saturated rings. The molecule has 76 valence electrons. The average Bonchev–Trinajstić information content (AvgIpc) is 2.18. The zero-order valence-corrected chi connectivity index (χ0v) is 8.56. The van der Waals surface area contributed by atoms with E-state index in [2.05, 4.69) is 10.7 Å². The van der Waals surface area contributed by atoms with Gasteiger partial charge < -0.3 is 10.7 Å². The molecule has 0 bridgehead atoms. The number of nitrogen functional groups attached to an aromatic ring is 1. The van der Waals surface area contributed by atoms with Crippen molar-refractivity contribution >= 4 is 28.9 Å². The van der Waals surface area contributed by atoms with Gasteiger partial charge in [-0.15, -0.1) is 0 Å². The molecular weight excluding hydrogens is 202 g/mol. The van der Waals surface area contributed by atoms with Gasteiger partial charge in [0.2, 0.25) is 5.91 Å². The molecule has 4 nitrogen and oxygen atoms in total. The van der Waals surface area contributed by atoms with Gasteiger partial charge in [0, 0.05) is 12.1 Å². The number of hydrazine groups is 1. The predicted octanol–water partition coefficient (Wildman–Crippen LogP) is 1.97. The van der Waals surface area contributed by atoms with Crippen LogP contribution in [-0.2, 0) is 4.79 Å². The van der Waals surface area contributed by atoms with Gasteiger partial charge in [0.05, 0.1) is 10.7 Å². The fourth-order valence-corrected chi connectivity index (χ4v) is 1.19. The third-order valence-corrected chi connectivity index (χ3v) is 2.04. The van der Waals surface area contributed by atoms with E-state index in [9.17, 15) is 4.79 Å². The molecule has 0 saturated heterocycles. The zero-order chi connectivity index (χ0) is 10.6. The molecule has 5 heteroatoms. The van der Waals surface area contributed by atoms with Crippen LogP contribution in [0.4, 0.5) is 11.4 Å². The summed E-state index contributed by atoms with van der Waals surface area (Å²) in [5, 5.41) is 3.17. The topological polar surface area (TPSA) is 67.2 Å². The summed E-state index contributed by atoms with van der Waals surface area (Å²) < 4.78 is 0. The number of nitrogens with two attached hydrogens (primary N) is 1. The third kappa shape index (κ3) is 2.61. The zero-order valence-electron chi connectivity index (χ0n) is 7.80. The Labute approximate surface area is 87.4 Å². The van der Waals surface area contributed by atoms with Crippen molar-refractivity contribution < 1.29 is 4.79 Å². The van der Waals surface area contributed by atoms with Gasteiger partial charge in [-0.1, -0.05) is 18.5 Å². The summed E-state index contributed by atoms with van der Waals surface area (Å²) >= 11 is 5.86. The molecule has 0 aliphatic heterocycles. The van der Waals surface area contributed by atoms with E-state index in [-0.39, 0.29) is 5.91 Å². The first-order valence-electron chi connectivity index (χ1n) is 4.23. The van der Waals surface area contributed by atoms with Crippen molar-refractivity contribution in [1.82, 2.24) is 0 Å². The van der Waals surface area contributed by atoms with Crippen LogP contribution in [0.2, 0.25) is 5.02 Å². The number of nitrogens with one attached hydrogen (secondary N) is 2. The number of rotatable bonds is 3. The normalized spacial score (nSPS) is 9.64. The summed E-state index contributed by atoms with van der Waals surface area (Å²) in [6.07, 6.45) is 0.439. The fourth-order valence-electron chi connectivity index (χ4n) is 0.959. The van der Waals surface area contributed by atoms with Crippen LogP contribution in [0.3, 0.4) is 0 Å². The molecular formula is C9H12ClN3O. The maximum Gasteiger partial charge on any atom is 0.224 e. The van der Waals surface area contributed by atoms with Crippen molar-refractivity contribution in [3.63, 3.8) is 0 Å². The van der Waals surface area contributed by atoms with E-state index in [0.29, 0.717) is 22.8 Å². The Morgan fingerprint density at radius 2 is 2.29 bits per heavy atom. The van der Waals surface area contributed by atoms with Crippen LogP contribution < -0.4 is 16.6 Å². The highest BCUT2D eigenvalue weighted by Crippen LogP contribution is 2.24. The number of amides is 1. The van der Waals surface area contributed by atoms with E-state index < -0.39 is 0 Å². The molecule has 14 heavy (non-hydrogen) atoms. The molecule has 1 rings (SSSR count). The highest BCUT2D eigenvalue weighted by molar-refractivity contribution is 6.33. The van der Waals surface area contributed by atoms with Crippen LogP contribution >= 0.6 is 11.6 Å². The molecule has 1 aromatic rings. The number of hydrogen-bond donors (Lipinski definition) is 3. The molecule has 0 atom stereocenters. The summed E-state index contributed by atoms with van der Waals surface area (Å²) in [6, 6.07) is 5.08. The van der Waals surface area contributed by atoms with E-state index in [4.69, 9.17) is 17.4 Å². The predicted molar refractivity (Wildman–Crippen MR) is 58.2 cm³/mol. The molecule has 0 aliphatic carbocycles. The molecule has 0 heterocycles. The SMILES string of the molecule is CCC(=O)Nc1ccc(NN)c(Cl)c1. The molecule has 0 spiro atoms. The van der Waals surface area contributed by atoms with E-state index in [0.717, 1.165) is 0 Å². The smallest absolute Gasteiger partial charge is 0.224 e. The van der Waals surface area contributed by atoms with Gasteiger partial charge in [-0.25, -0.2) is 0 Å². The summed E-state index contributed by atoms with van der Waals surface area (Å²) in [6.45, 7) is 1.78. The van der Waals surface area contributed by atoms with Crippen LogP contribution in [0.25, 0.3) is 0 Å². The van der Waals surface area contributed by atoms with E-state index in [1.54, 1.807) is 25.1 Å². The Hall–Kier alpha value is -1.26. The van der Waals surface area contributed by atoms with Crippen molar-refractivity contribution in [3.8, 4) is 0 Å². The van der Waals surface area contributed by atoms with E-state index in [1.807, 2.05) is 0 Å². The first-order chi connectivity index (χ1) is 6.67. The maximum absolute atomic E-state index is 11.1. The Morgan fingerprint density at radius 1 is 1.57 bits per heavy atom. The second kappa shape index (κ2) is 4.83. The molecule has 0 unspecified atom stereocenters. The van der Waals surface area contributed by atoms with Crippen molar-refractivity contribution in [2.24, 2.45) is 5.84 Å². The number of halogens is 1. The molecule has 0 aromatic heterocycles. The maximum atomic E-state index is 11.1. The van der Waals surface area contributed by atoms with Gasteiger partial charge in [0.15, 0.2) is 0 Å². The van der Waals surface area contributed by atoms with E-state index in [1.165, 1.54) is 0 Å². The lowest BCUT2D eigenvalue weighted by molar-refractivity contribution is -0.115. The summed E-state index contributed by atoms with van der Waals surface area (Å²) in [4.78, 5) is 11.1. The van der Waals surface area contributed by atoms with Crippen molar-refractivity contribution in [1.29, 1.82) is 0 Å². The van der Waals surface area contributed by atoms with Gasteiger partial charge in [-0.2, -0.15) is 0 Å². The molecule has 0 radical (unpaired) electrons. The summed E-state index contributed by atoms with van der Waals surface area (Å²) in [5.41, 5.74) is 3.74. The van der Waals surface area contributed by atoms with Crippen molar-refractivity contribution in [2.75, 3.05) is 10.7 Å². The van der Waals surface area contributed by atoms with Gasteiger partial charge in [-0.05, 0) is 18.2 Å². The Bertz CT molecular complexity index is 341. The van der Waals surface area contributed by atoms with Gasteiger partial charge in [0.25, 0.3) is 0 Å². The summed E-state index contributed by atoms with van der Waals surface area (Å²) in [5.74, 6) is 5.16. The average molecular weight is 214 g/mol. The fraction of sp³-hybridized carbons (Fsp3) is 0.222. The first kappa shape index (κ1) is 10.8. The monoisotopic (exact) mass is 213 g/mol. The van der Waals surface area contributed by atoms with Crippen molar-refractivity contribution in [2.45, 2.75) is 13.3 Å². The standard InChI is InChI=1S/C9H12ClN3O/c1-2-9(14)12-6-3-4-8(13-11)7(10)5-6/h3-5,13H,2,11H2,1H3,(H,12,14). The molecule has 0 saturated carbocycles. The largest absolute Gasteiger partial charge is 0.326 e. The minimum Gasteiger partial charge on any atom is -0.326 e. The van der Waals surface area contributed by atoms with Crippen molar-refractivity contribution in [3.05, 3.63) is 23.2 Å². The van der Waals surface area contributed by atoms with Gasteiger partial charge in [-0.3, -0.25) is 10.6 Å². The third-order valence-electron chi connectivity index (χ3n) is 1.73. The number of carbonyl (C=O) groups is 1. The first-order valence-corrected chi connectivity index (χ1v) is 4.61. The minimum absolute atomic E-state index is 0.0467. The van der Waals surface area contributed by atoms with Gasteiger partial charge in [0.1, 0.15) is 0 Å². The Kier molecular flexibility index (Phi) is 3.73. The molecule has 1 amide bonds. The second-order valence-corrected chi connectivity index (χ2v) is 3.15. The minimum atomic E-state index is -0.0467. The van der Waals surface area contributed by atoms with Crippen LogP contribution in [0.5, 0.6) is 0 Å². The Morgan fingerprint density at radius 3 is 2.79 bits per heavy atom. The lowest BCUT2D eigenvalue weighted by atomic mass is 10.2. The van der Waals surface area contributed by atoms with E-state index >= 15 is 0 Å². The second-order valence-electron chi connectivity index (χ2n) is 2.74. The quantitative estimate of drug-likeness (QED) is 0.531. The summed E-state index contributed by atoms with van der Waals surface area (Å²) in [7, 11) is 0. The van der Waals surface area contributed by atoms with Crippen LogP contribution in [0, 0.1) is 0 Å². The van der Waals surface area contributed by atoms with Crippen LogP contribution in [0.15, 0.2) is 18.2 Å². The number of carbonyl (C=O) groups excluding carboxylic acids is 1. The lowest BCUT2D eigenvalue weighted by Gasteiger charge is -2.07. The van der Waals surface area contributed by atoms with Gasteiger partial charge >= 0.3 is 0 Å².